The number of benzene rings is 2. The van der Waals surface area contributed by atoms with E-state index in [1.807, 2.05) is 48.7 Å². The summed E-state index contributed by atoms with van der Waals surface area (Å²) < 4.78 is 11.8. The minimum Gasteiger partial charge on any atom is -0.491 e. The van der Waals surface area contributed by atoms with Gasteiger partial charge in [-0.1, -0.05) is 6.07 Å². The van der Waals surface area contributed by atoms with Gasteiger partial charge in [-0.3, -0.25) is 4.79 Å². The van der Waals surface area contributed by atoms with Gasteiger partial charge in [-0.2, -0.15) is 0 Å². The molecule has 0 aliphatic carbocycles. The smallest absolute Gasteiger partial charge is 0.248 e. The molecule has 0 bridgehead atoms. The van der Waals surface area contributed by atoms with E-state index >= 15 is 0 Å². The summed E-state index contributed by atoms with van der Waals surface area (Å²) in [6.45, 7) is 2.50. The van der Waals surface area contributed by atoms with Crippen LogP contribution in [0, 0.1) is 6.92 Å². The molecule has 1 amide bonds. The van der Waals surface area contributed by atoms with E-state index in [1.165, 1.54) is 11.2 Å². The average Bonchev–Trinajstić information content (AvgIpc) is 3.37. The molecule has 9 nitrogen and oxygen atoms in total. The molecular formula is C24H25N5O4S. The Bertz CT molecular complexity index is 1260. The van der Waals surface area contributed by atoms with Gasteiger partial charge in [0.1, 0.15) is 48.5 Å². The van der Waals surface area contributed by atoms with E-state index in [2.05, 4.69) is 20.3 Å². The van der Waals surface area contributed by atoms with Crippen LogP contribution < -0.4 is 14.8 Å². The maximum absolute atomic E-state index is 11.6. The van der Waals surface area contributed by atoms with E-state index in [1.54, 1.807) is 24.6 Å². The number of thiazole rings is 1. The topological polar surface area (TPSA) is 110 Å². The zero-order valence-corrected chi connectivity index (χ0v) is 19.7. The van der Waals surface area contributed by atoms with Crippen molar-refractivity contribution in [1.29, 1.82) is 0 Å². The molecule has 4 aromatic rings. The van der Waals surface area contributed by atoms with Crippen molar-refractivity contribution in [2.24, 2.45) is 0 Å². The fourth-order valence-corrected chi connectivity index (χ4v) is 3.85. The van der Waals surface area contributed by atoms with Crippen LogP contribution in [-0.2, 0) is 11.4 Å². The van der Waals surface area contributed by atoms with Gasteiger partial charge in [0.05, 0.1) is 17.4 Å². The third-order valence-corrected chi connectivity index (χ3v) is 5.90. The second-order valence-electron chi connectivity index (χ2n) is 7.51. The first kappa shape index (κ1) is 23.4. The molecule has 10 heteroatoms. The number of fused-ring (bicyclic) bond motifs is 1. The van der Waals surface area contributed by atoms with Crippen LogP contribution >= 0.6 is 11.3 Å². The highest BCUT2D eigenvalue weighted by Gasteiger charge is 2.13. The number of carbonyl (C=O) groups excluding carboxylic acids is 1. The summed E-state index contributed by atoms with van der Waals surface area (Å²) >= 11 is 1.56. The summed E-state index contributed by atoms with van der Waals surface area (Å²) in [7, 11) is 1.62. The first-order valence-electron chi connectivity index (χ1n) is 10.7. The molecule has 0 aliphatic rings. The van der Waals surface area contributed by atoms with Crippen LogP contribution in [0.4, 0.5) is 11.5 Å². The van der Waals surface area contributed by atoms with E-state index < -0.39 is 6.61 Å². The summed E-state index contributed by atoms with van der Waals surface area (Å²) in [5.74, 6) is 1.64. The van der Waals surface area contributed by atoms with E-state index in [4.69, 9.17) is 14.6 Å². The third kappa shape index (κ3) is 5.59. The monoisotopic (exact) mass is 479 g/mol. The predicted molar refractivity (Wildman–Crippen MR) is 131 cm³/mol. The molecular weight excluding hydrogens is 454 g/mol. The van der Waals surface area contributed by atoms with E-state index in [0.717, 1.165) is 32.9 Å². The fraction of sp³-hybridized carbons (Fsp3) is 0.250. The lowest BCUT2D eigenvalue weighted by molar-refractivity contribution is -0.133. The SMILES string of the molecule is Cc1cc(Nc2ncnc3cccc(OCCN(C)C(=O)CO)c23)ccc1OCc1nccs1. The molecule has 2 heterocycles. The number of likely N-dealkylation sites (N-methyl/N-ethyl adjacent to an activating group) is 1. The van der Waals surface area contributed by atoms with Gasteiger partial charge in [0, 0.05) is 24.3 Å². The molecule has 176 valence electrons. The zero-order valence-electron chi connectivity index (χ0n) is 18.9. The van der Waals surface area contributed by atoms with Crippen molar-refractivity contribution in [3.8, 4) is 11.5 Å². The molecule has 0 aliphatic heterocycles. The average molecular weight is 480 g/mol. The Balaban J connectivity index is 1.50. The molecule has 2 N–H and O–H groups in total. The van der Waals surface area contributed by atoms with Gasteiger partial charge in [0.15, 0.2) is 0 Å². The maximum Gasteiger partial charge on any atom is 0.248 e. The second kappa shape index (κ2) is 10.9. The van der Waals surface area contributed by atoms with Crippen molar-refractivity contribution in [1.82, 2.24) is 19.9 Å². The van der Waals surface area contributed by atoms with Crippen molar-refractivity contribution in [2.45, 2.75) is 13.5 Å². The molecule has 2 aromatic heterocycles. The number of aliphatic hydroxyl groups excluding tert-OH is 1. The van der Waals surface area contributed by atoms with Gasteiger partial charge in [0.25, 0.3) is 0 Å². The highest BCUT2D eigenvalue weighted by Crippen LogP contribution is 2.32. The van der Waals surface area contributed by atoms with E-state index in [-0.39, 0.29) is 12.5 Å². The Kier molecular flexibility index (Phi) is 7.51. The van der Waals surface area contributed by atoms with E-state index in [0.29, 0.717) is 24.7 Å². The van der Waals surface area contributed by atoms with Crippen LogP contribution in [0.2, 0.25) is 0 Å². The second-order valence-corrected chi connectivity index (χ2v) is 8.49. The number of nitrogens with one attached hydrogen (secondary N) is 1. The lowest BCUT2D eigenvalue weighted by atomic mass is 10.1. The van der Waals surface area contributed by atoms with Gasteiger partial charge < -0.3 is 24.8 Å². The fourth-order valence-electron chi connectivity index (χ4n) is 3.32. The Morgan fingerprint density at radius 1 is 1.15 bits per heavy atom. The first-order valence-corrected chi connectivity index (χ1v) is 11.5. The molecule has 2 aromatic carbocycles. The van der Waals surface area contributed by atoms with Crippen molar-refractivity contribution in [3.63, 3.8) is 0 Å². The van der Waals surface area contributed by atoms with Crippen molar-refractivity contribution in [2.75, 3.05) is 32.1 Å². The third-order valence-electron chi connectivity index (χ3n) is 5.14. The van der Waals surface area contributed by atoms with Gasteiger partial charge in [-0.05, 0) is 42.8 Å². The maximum atomic E-state index is 11.6. The number of amides is 1. The van der Waals surface area contributed by atoms with Crippen molar-refractivity contribution in [3.05, 3.63) is 64.9 Å². The summed E-state index contributed by atoms with van der Waals surface area (Å²) in [6.07, 6.45) is 3.26. The first-order chi connectivity index (χ1) is 16.5. The molecule has 0 fully saturated rings. The normalized spacial score (nSPS) is 10.8. The van der Waals surface area contributed by atoms with Gasteiger partial charge in [0.2, 0.25) is 5.91 Å². The molecule has 34 heavy (non-hydrogen) atoms. The number of hydrogen-bond donors (Lipinski definition) is 2. The lowest BCUT2D eigenvalue weighted by Gasteiger charge is -2.17. The minimum absolute atomic E-state index is 0.264. The molecule has 0 spiro atoms. The van der Waals surface area contributed by atoms with Crippen LogP contribution in [0.1, 0.15) is 10.6 Å². The predicted octanol–water partition coefficient (Wildman–Crippen LogP) is 3.55. The Labute approximate surface area is 201 Å². The van der Waals surface area contributed by atoms with Crippen LogP contribution in [0.25, 0.3) is 10.9 Å². The van der Waals surface area contributed by atoms with Crippen LogP contribution in [0.15, 0.2) is 54.3 Å². The number of anilines is 2. The number of aromatic nitrogens is 3. The highest BCUT2D eigenvalue weighted by atomic mass is 32.1. The zero-order chi connectivity index (χ0) is 23.9. The summed E-state index contributed by atoms with van der Waals surface area (Å²) in [6, 6.07) is 11.4. The Hall–Kier alpha value is -3.76. The molecule has 4 rings (SSSR count). The Morgan fingerprint density at radius 2 is 2.03 bits per heavy atom. The number of hydrogen-bond acceptors (Lipinski definition) is 9. The number of aliphatic hydroxyl groups is 1. The lowest BCUT2D eigenvalue weighted by Crippen LogP contribution is -2.32. The van der Waals surface area contributed by atoms with Crippen molar-refractivity contribution >= 4 is 39.7 Å². The molecule has 0 atom stereocenters. The Morgan fingerprint density at radius 3 is 2.79 bits per heavy atom. The molecule has 0 saturated heterocycles. The van der Waals surface area contributed by atoms with Gasteiger partial charge in [-0.15, -0.1) is 11.3 Å². The van der Waals surface area contributed by atoms with Crippen LogP contribution in [-0.4, -0.2) is 57.7 Å². The van der Waals surface area contributed by atoms with Crippen LogP contribution in [0.5, 0.6) is 11.5 Å². The standard InChI is InChI=1S/C24H25N5O4S/c1-16-12-17(6-7-19(16)33-14-21-25-8-11-34-21)28-24-23-18(26-15-27-24)4-3-5-20(23)32-10-9-29(2)22(31)13-30/h3-8,11-12,15,30H,9-10,13-14H2,1-2H3,(H,26,27,28). The summed E-state index contributed by atoms with van der Waals surface area (Å²) in [4.78, 5) is 26.0. The number of ether oxygens (including phenoxy) is 2. The number of aryl methyl sites for hydroxylation is 1. The minimum atomic E-state index is -0.527. The molecule has 0 unspecified atom stereocenters. The number of rotatable bonds is 10. The highest BCUT2D eigenvalue weighted by molar-refractivity contribution is 7.09. The van der Waals surface area contributed by atoms with Gasteiger partial charge >= 0.3 is 0 Å². The largest absolute Gasteiger partial charge is 0.491 e. The number of nitrogens with zero attached hydrogens (tertiary/aromatic N) is 4. The number of carbonyl (C=O) groups is 1. The quantitative estimate of drug-likeness (QED) is 0.355. The molecule has 0 saturated carbocycles. The van der Waals surface area contributed by atoms with Gasteiger partial charge in [-0.25, -0.2) is 15.0 Å². The van der Waals surface area contributed by atoms with Crippen LogP contribution in [0.3, 0.4) is 0 Å². The van der Waals surface area contributed by atoms with Crippen molar-refractivity contribution < 1.29 is 19.4 Å². The molecule has 0 radical (unpaired) electrons. The summed E-state index contributed by atoms with van der Waals surface area (Å²) in [5.41, 5.74) is 2.56. The summed E-state index contributed by atoms with van der Waals surface area (Å²) in [5, 5.41) is 15.9. The van der Waals surface area contributed by atoms with E-state index in [9.17, 15) is 4.79 Å².